The quantitative estimate of drug-likeness (QED) is 0.167. The van der Waals surface area contributed by atoms with Crippen molar-refractivity contribution in [2.24, 2.45) is 0 Å². The fourth-order valence-corrected chi connectivity index (χ4v) is 9.03. The monoisotopic (exact) mass is 780 g/mol. The fourth-order valence-electron chi connectivity index (χ4n) is 9.03. The van der Waals surface area contributed by atoms with Gasteiger partial charge >= 0.3 is 0 Å². The van der Waals surface area contributed by atoms with Crippen LogP contribution in [0.15, 0.2) is 194 Å². The summed E-state index contributed by atoms with van der Waals surface area (Å²) in [4.78, 5) is 14.7. The summed E-state index contributed by atoms with van der Waals surface area (Å²) in [5, 5.41) is 24.1. The molecule has 0 unspecified atom stereocenters. The van der Waals surface area contributed by atoms with Gasteiger partial charge in [-0.25, -0.2) is 15.0 Å². The van der Waals surface area contributed by atoms with Crippen molar-refractivity contribution >= 4 is 21.8 Å². The molecule has 2 aromatic heterocycles. The van der Waals surface area contributed by atoms with Crippen LogP contribution in [0, 0.1) is 22.7 Å². The highest BCUT2D eigenvalue weighted by atomic mass is 16.5. The maximum Gasteiger partial charge on any atom is 0.164 e. The number of benzene rings is 8. The molecule has 7 nitrogen and oxygen atoms in total. The summed E-state index contributed by atoms with van der Waals surface area (Å²) in [6.07, 6.45) is 0. The SMILES string of the molecule is N#Cc1cc(-c2nc(-c3ccccc3)nc(-c3ccccc3)n2)cc(C#N)c1-n1c2ccccc2c2ccc(C3(c4ccccc4)c4ccccc4Oc4ccccc43)cc21. The molecule has 284 valence electrons. The maximum atomic E-state index is 11.0. The van der Waals surface area contributed by atoms with E-state index >= 15 is 0 Å². The minimum Gasteiger partial charge on any atom is -0.457 e. The Kier molecular flexibility index (Phi) is 8.33. The molecule has 1 aliphatic rings. The van der Waals surface area contributed by atoms with Gasteiger partial charge in [-0.3, -0.25) is 0 Å². The summed E-state index contributed by atoms with van der Waals surface area (Å²) in [5.74, 6) is 2.90. The number of rotatable bonds is 6. The zero-order chi connectivity index (χ0) is 40.9. The normalized spacial score (nSPS) is 12.5. The summed E-state index contributed by atoms with van der Waals surface area (Å²) in [5.41, 5.74) is 8.38. The Balaban J connectivity index is 1.18. The zero-order valence-corrected chi connectivity index (χ0v) is 32.6. The fraction of sp³-hybridized carbons (Fsp3) is 0.0185. The third-order valence-corrected chi connectivity index (χ3v) is 11.6. The van der Waals surface area contributed by atoms with E-state index in [1.807, 2.05) is 109 Å². The number of aromatic nitrogens is 4. The Labute approximate surface area is 351 Å². The molecule has 0 fully saturated rings. The van der Waals surface area contributed by atoms with Gasteiger partial charge in [-0.1, -0.05) is 158 Å². The lowest BCUT2D eigenvalue weighted by Gasteiger charge is -2.41. The van der Waals surface area contributed by atoms with Crippen LogP contribution in [0.25, 0.3) is 61.7 Å². The molecule has 0 amide bonds. The second kappa shape index (κ2) is 14.3. The van der Waals surface area contributed by atoms with Gasteiger partial charge in [0.1, 0.15) is 23.6 Å². The average molecular weight is 781 g/mol. The summed E-state index contributed by atoms with van der Waals surface area (Å²) >= 11 is 0. The number of nitrogens with zero attached hydrogens (tertiary/aromatic N) is 6. The third-order valence-electron chi connectivity index (χ3n) is 11.6. The van der Waals surface area contributed by atoms with Gasteiger partial charge in [-0.05, 0) is 47.5 Å². The van der Waals surface area contributed by atoms with Crippen LogP contribution < -0.4 is 4.74 Å². The Morgan fingerprint density at radius 2 is 0.902 bits per heavy atom. The molecular formula is C54H32N6O. The van der Waals surface area contributed by atoms with Crippen LogP contribution in [0.3, 0.4) is 0 Å². The highest BCUT2D eigenvalue weighted by Gasteiger charge is 2.45. The van der Waals surface area contributed by atoms with Gasteiger partial charge in [0.05, 0.1) is 33.3 Å². The molecule has 0 radical (unpaired) electrons. The Hall–Kier alpha value is -8.65. The van der Waals surface area contributed by atoms with Crippen LogP contribution >= 0.6 is 0 Å². The van der Waals surface area contributed by atoms with Gasteiger partial charge in [0.2, 0.25) is 0 Å². The Bertz CT molecular complexity index is 3280. The number of hydrogen-bond donors (Lipinski definition) is 0. The Morgan fingerprint density at radius 3 is 1.48 bits per heavy atom. The van der Waals surface area contributed by atoms with Crippen molar-refractivity contribution in [2.45, 2.75) is 5.41 Å². The number of para-hydroxylation sites is 3. The molecule has 7 heteroatoms. The van der Waals surface area contributed by atoms with Crippen molar-refractivity contribution in [3.63, 3.8) is 0 Å². The predicted octanol–water partition coefficient (Wildman–Crippen LogP) is 12.2. The van der Waals surface area contributed by atoms with E-state index in [9.17, 15) is 10.5 Å². The first-order valence-electron chi connectivity index (χ1n) is 20.0. The number of fused-ring (bicyclic) bond motifs is 5. The van der Waals surface area contributed by atoms with E-state index in [2.05, 4.69) is 89.5 Å². The van der Waals surface area contributed by atoms with Gasteiger partial charge in [-0.2, -0.15) is 10.5 Å². The van der Waals surface area contributed by atoms with Gasteiger partial charge in [0.25, 0.3) is 0 Å². The second-order valence-electron chi connectivity index (χ2n) is 15.0. The van der Waals surface area contributed by atoms with Crippen molar-refractivity contribution < 1.29 is 4.74 Å². The lowest BCUT2D eigenvalue weighted by atomic mass is 9.63. The minimum atomic E-state index is -0.770. The minimum absolute atomic E-state index is 0.310. The smallest absolute Gasteiger partial charge is 0.164 e. The Morgan fingerprint density at radius 1 is 0.426 bits per heavy atom. The maximum absolute atomic E-state index is 11.0. The first kappa shape index (κ1) is 35.5. The average Bonchev–Trinajstić information content (AvgIpc) is 3.66. The van der Waals surface area contributed by atoms with Crippen LogP contribution in [0.5, 0.6) is 11.5 Å². The molecule has 0 spiro atoms. The van der Waals surface area contributed by atoms with E-state index in [0.29, 0.717) is 39.9 Å². The summed E-state index contributed by atoms with van der Waals surface area (Å²) in [6.45, 7) is 0. The standard InChI is InChI=1S/C54H32N6O/c55-33-38-30-37(53-58-51(35-16-4-1-5-17-35)57-52(59-53)36-18-6-2-7-19-36)31-39(34-56)50(38)60-46-25-13-10-22-42(46)43-29-28-41(32-47(43)60)54(40-20-8-3-9-21-40)44-23-11-14-26-48(44)61-49-27-15-12-24-45(49)54/h1-32H. The van der Waals surface area contributed by atoms with Crippen LogP contribution in [0.1, 0.15) is 33.4 Å². The molecule has 1 aliphatic heterocycles. The predicted molar refractivity (Wildman–Crippen MR) is 238 cm³/mol. The van der Waals surface area contributed by atoms with E-state index in [1.54, 1.807) is 12.1 Å². The molecular weight excluding hydrogens is 749 g/mol. The molecule has 0 saturated heterocycles. The molecule has 0 aliphatic carbocycles. The highest BCUT2D eigenvalue weighted by Crippen LogP contribution is 2.55. The highest BCUT2D eigenvalue weighted by molar-refractivity contribution is 6.10. The van der Waals surface area contributed by atoms with Gasteiger partial charge in [0, 0.05) is 38.6 Å². The molecule has 61 heavy (non-hydrogen) atoms. The van der Waals surface area contributed by atoms with E-state index < -0.39 is 5.41 Å². The summed E-state index contributed by atoms with van der Waals surface area (Å²) in [6, 6.07) is 69.7. The summed E-state index contributed by atoms with van der Waals surface area (Å²) < 4.78 is 8.66. The first-order valence-corrected chi connectivity index (χ1v) is 20.0. The number of hydrogen-bond acceptors (Lipinski definition) is 6. The number of ether oxygens (including phenoxy) is 1. The van der Waals surface area contributed by atoms with Gasteiger partial charge in [-0.15, -0.1) is 0 Å². The van der Waals surface area contributed by atoms with E-state index in [-0.39, 0.29) is 0 Å². The van der Waals surface area contributed by atoms with E-state index in [4.69, 9.17) is 19.7 Å². The molecule has 0 N–H and O–H groups in total. The third kappa shape index (κ3) is 5.61. The number of nitriles is 2. The molecule has 0 atom stereocenters. The van der Waals surface area contributed by atoms with Crippen LogP contribution in [0.2, 0.25) is 0 Å². The largest absolute Gasteiger partial charge is 0.457 e. The van der Waals surface area contributed by atoms with E-state index in [1.165, 1.54) is 0 Å². The topological polar surface area (TPSA) is 100 Å². The van der Waals surface area contributed by atoms with E-state index in [0.717, 1.165) is 66.7 Å². The van der Waals surface area contributed by atoms with Crippen LogP contribution in [-0.4, -0.2) is 19.5 Å². The molecule has 10 aromatic rings. The summed E-state index contributed by atoms with van der Waals surface area (Å²) in [7, 11) is 0. The van der Waals surface area contributed by atoms with Crippen molar-refractivity contribution in [3.8, 4) is 63.5 Å². The molecule has 8 aromatic carbocycles. The second-order valence-corrected chi connectivity index (χ2v) is 15.0. The van der Waals surface area contributed by atoms with Crippen molar-refractivity contribution in [1.82, 2.24) is 19.5 Å². The lowest BCUT2D eigenvalue weighted by Crippen LogP contribution is -2.34. The molecule has 3 heterocycles. The van der Waals surface area contributed by atoms with Crippen LogP contribution in [0.4, 0.5) is 0 Å². The molecule has 11 rings (SSSR count). The van der Waals surface area contributed by atoms with Crippen molar-refractivity contribution in [3.05, 3.63) is 228 Å². The van der Waals surface area contributed by atoms with Crippen molar-refractivity contribution in [2.75, 3.05) is 0 Å². The van der Waals surface area contributed by atoms with Gasteiger partial charge in [0.15, 0.2) is 17.5 Å². The van der Waals surface area contributed by atoms with Crippen LogP contribution in [-0.2, 0) is 5.41 Å². The van der Waals surface area contributed by atoms with Crippen molar-refractivity contribution in [1.29, 1.82) is 10.5 Å². The molecule has 0 bridgehead atoms. The zero-order valence-electron chi connectivity index (χ0n) is 32.6. The first-order chi connectivity index (χ1) is 30.1. The molecule has 0 saturated carbocycles. The van der Waals surface area contributed by atoms with Gasteiger partial charge < -0.3 is 9.30 Å². The lowest BCUT2D eigenvalue weighted by molar-refractivity contribution is 0.434.